The van der Waals surface area contributed by atoms with Gasteiger partial charge in [-0.2, -0.15) is 0 Å². The highest BCUT2D eigenvalue weighted by Gasteiger charge is 2.24. The van der Waals surface area contributed by atoms with Gasteiger partial charge in [-0.15, -0.1) is 24.0 Å². The summed E-state index contributed by atoms with van der Waals surface area (Å²) in [6, 6.07) is 6.19. The maximum atomic E-state index is 12.8. The molecule has 0 aliphatic heterocycles. The molecule has 0 aliphatic carbocycles. The van der Waals surface area contributed by atoms with Gasteiger partial charge in [0.25, 0.3) is 0 Å². The van der Waals surface area contributed by atoms with Crippen molar-refractivity contribution >= 4 is 35.8 Å². The van der Waals surface area contributed by atoms with Crippen LogP contribution in [0.1, 0.15) is 26.3 Å². The zero-order chi connectivity index (χ0) is 15.9. The fourth-order valence-corrected chi connectivity index (χ4v) is 1.49. The van der Waals surface area contributed by atoms with Gasteiger partial charge in [-0.05, 0) is 38.5 Å². The molecule has 0 spiro atoms. The van der Waals surface area contributed by atoms with Crippen molar-refractivity contribution in [1.82, 2.24) is 10.6 Å². The van der Waals surface area contributed by atoms with Crippen molar-refractivity contribution in [3.05, 3.63) is 35.6 Å². The molecule has 0 aliphatic rings. The fraction of sp³-hybridized carbons (Fsp3) is 0.467. The van der Waals surface area contributed by atoms with Crippen molar-refractivity contribution in [1.29, 1.82) is 0 Å². The first-order valence-corrected chi connectivity index (χ1v) is 6.91. The third-order valence-electron chi connectivity index (χ3n) is 3.04. The van der Waals surface area contributed by atoms with Gasteiger partial charge in [0.05, 0.1) is 12.0 Å². The highest BCUT2D eigenvalue weighted by Crippen LogP contribution is 2.11. The molecular formula is C15H24FIN4O. The van der Waals surface area contributed by atoms with E-state index in [1.807, 2.05) is 6.92 Å². The van der Waals surface area contributed by atoms with Crippen LogP contribution >= 0.6 is 24.0 Å². The Morgan fingerprint density at radius 2 is 1.86 bits per heavy atom. The van der Waals surface area contributed by atoms with Crippen LogP contribution in [0.3, 0.4) is 0 Å². The van der Waals surface area contributed by atoms with E-state index < -0.39 is 5.41 Å². The van der Waals surface area contributed by atoms with E-state index in [0.717, 1.165) is 5.56 Å². The summed E-state index contributed by atoms with van der Waals surface area (Å²) in [4.78, 5) is 15.7. The molecule has 0 saturated heterocycles. The van der Waals surface area contributed by atoms with E-state index >= 15 is 0 Å². The van der Waals surface area contributed by atoms with Gasteiger partial charge in [-0.1, -0.05) is 12.1 Å². The maximum Gasteiger partial charge on any atom is 0.224 e. The van der Waals surface area contributed by atoms with Crippen molar-refractivity contribution in [2.45, 2.75) is 27.3 Å². The molecule has 22 heavy (non-hydrogen) atoms. The number of halogens is 2. The molecule has 0 unspecified atom stereocenters. The number of nitrogens with zero attached hydrogens (tertiary/aromatic N) is 1. The molecule has 0 fully saturated rings. The summed E-state index contributed by atoms with van der Waals surface area (Å²) in [6.07, 6.45) is 0. The van der Waals surface area contributed by atoms with E-state index in [0.29, 0.717) is 25.6 Å². The predicted molar refractivity (Wildman–Crippen MR) is 97.6 cm³/mol. The minimum absolute atomic E-state index is 0. The number of guanidine groups is 1. The molecule has 0 saturated carbocycles. The van der Waals surface area contributed by atoms with Gasteiger partial charge < -0.3 is 16.4 Å². The standard InChI is InChI=1S/C15H23FN4O.HI/c1-4-18-14(20-10-15(2,3)13(17)21)19-9-11-5-7-12(16)8-6-11;/h5-8H,4,9-10H2,1-3H3,(H2,17,21)(H2,18,19,20);1H. The molecular weight excluding hydrogens is 398 g/mol. The summed E-state index contributed by atoms with van der Waals surface area (Å²) in [7, 11) is 0. The quantitative estimate of drug-likeness (QED) is 0.373. The summed E-state index contributed by atoms with van der Waals surface area (Å²) in [5.74, 6) is -0.0449. The lowest BCUT2D eigenvalue weighted by Gasteiger charge is -2.22. The summed E-state index contributed by atoms with van der Waals surface area (Å²) in [5, 5.41) is 6.18. The third-order valence-corrected chi connectivity index (χ3v) is 3.04. The third kappa shape index (κ3) is 7.06. The Hall–Kier alpha value is -1.38. The van der Waals surface area contributed by atoms with Crippen LogP contribution in [-0.4, -0.2) is 25.0 Å². The van der Waals surface area contributed by atoms with Gasteiger partial charge in [0.2, 0.25) is 5.91 Å². The van der Waals surface area contributed by atoms with Crippen LogP contribution in [0.4, 0.5) is 4.39 Å². The zero-order valence-corrected chi connectivity index (χ0v) is 15.5. The molecule has 0 radical (unpaired) electrons. The lowest BCUT2D eigenvalue weighted by molar-refractivity contribution is -0.125. The first-order valence-electron chi connectivity index (χ1n) is 6.91. The second kappa shape index (κ2) is 9.60. The minimum Gasteiger partial charge on any atom is -0.369 e. The summed E-state index contributed by atoms with van der Waals surface area (Å²) >= 11 is 0. The Morgan fingerprint density at radius 1 is 1.27 bits per heavy atom. The molecule has 0 aromatic heterocycles. The van der Waals surface area contributed by atoms with Crippen molar-refractivity contribution in [3.8, 4) is 0 Å². The second-order valence-corrected chi connectivity index (χ2v) is 5.42. The highest BCUT2D eigenvalue weighted by atomic mass is 127. The van der Waals surface area contributed by atoms with Gasteiger partial charge in [0.15, 0.2) is 5.96 Å². The first kappa shape index (κ1) is 20.6. The fourth-order valence-electron chi connectivity index (χ4n) is 1.49. The number of carbonyl (C=O) groups excluding carboxylic acids is 1. The van der Waals surface area contributed by atoms with Gasteiger partial charge >= 0.3 is 0 Å². The van der Waals surface area contributed by atoms with Gasteiger partial charge in [-0.3, -0.25) is 4.79 Å². The van der Waals surface area contributed by atoms with Crippen LogP contribution in [-0.2, 0) is 11.3 Å². The van der Waals surface area contributed by atoms with Crippen molar-refractivity contribution < 1.29 is 9.18 Å². The van der Waals surface area contributed by atoms with Crippen molar-refractivity contribution in [2.24, 2.45) is 16.1 Å². The average molecular weight is 422 g/mol. The molecule has 0 bridgehead atoms. The second-order valence-electron chi connectivity index (χ2n) is 5.42. The Kier molecular flexibility index (Phi) is 9.00. The SMILES string of the molecule is CCNC(=NCc1ccc(F)cc1)NCC(C)(C)C(N)=O.I. The average Bonchev–Trinajstić information content (AvgIpc) is 2.43. The molecule has 1 amide bonds. The molecule has 1 rings (SSSR count). The number of rotatable bonds is 6. The zero-order valence-electron chi connectivity index (χ0n) is 13.1. The number of hydrogen-bond donors (Lipinski definition) is 3. The molecule has 1 aromatic carbocycles. The molecule has 7 heteroatoms. The van der Waals surface area contributed by atoms with Gasteiger partial charge in [-0.25, -0.2) is 9.38 Å². The van der Waals surface area contributed by atoms with Gasteiger partial charge in [0, 0.05) is 13.1 Å². The largest absolute Gasteiger partial charge is 0.369 e. The van der Waals surface area contributed by atoms with Crippen LogP contribution in [0.25, 0.3) is 0 Å². The Labute approximate surface area is 148 Å². The van der Waals surface area contributed by atoms with E-state index in [2.05, 4.69) is 15.6 Å². The van der Waals surface area contributed by atoms with Crippen LogP contribution in [0.2, 0.25) is 0 Å². The Bertz CT molecular complexity index is 503. The number of nitrogens with two attached hydrogens (primary N) is 1. The summed E-state index contributed by atoms with van der Waals surface area (Å²) in [6.45, 7) is 7.00. The number of nitrogens with one attached hydrogen (secondary N) is 2. The number of hydrogen-bond acceptors (Lipinski definition) is 2. The van der Waals surface area contributed by atoms with E-state index in [4.69, 9.17) is 5.73 Å². The first-order chi connectivity index (χ1) is 9.85. The normalized spacial score (nSPS) is 11.5. The lowest BCUT2D eigenvalue weighted by Crippen LogP contribution is -2.46. The topological polar surface area (TPSA) is 79.5 Å². The number of carbonyl (C=O) groups is 1. The predicted octanol–water partition coefficient (Wildman–Crippen LogP) is 2.01. The van der Waals surface area contributed by atoms with E-state index in [-0.39, 0.29) is 35.7 Å². The monoisotopic (exact) mass is 422 g/mol. The molecule has 5 nitrogen and oxygen atoms in total. The Morgan fingerprint density at radius 3 is 2.36 bits per heavy atom. The van der Waals surface area contributed by atoms with Crippen LogP contribution < -0.4 is 16.4 Å². The number of aliphatic imine (C=N–C) groups is 1. The minimum atomic E-state index is -0.661. The summed E-state index contributed by atoms with van der Waals surface area (Å²) < 4.78 is 12.8. The van der Waals surface area contributed by atoms with Crippen LogP contribution in [0.5, 0.6) is 0 Å². The maximum absolute atomic E-state index is 12.8. The van der Waals surface area contributed by atoms with E-state index in [9.17, 15) is 9.18 Å². The smallest absolute Gasteiger partial charge is 0.224 e. The molecule has 0 heterocycles. The molecule has 0 atom stereocenters. The molecule has 1 aromatic rings. The van der Waals surface area contributed by atoms with Crippen LogP contribution in [0, 0.1) is 11.2 Å². The van der Waals surface area contributed by atoms with E-state index in [1.54, 1.807) is 26.0 Å². The lowest BCUT2D eigenvalue weighted by atomic mass is 9.93. The van der Waals surface area contributed by atoms with Crippen molar-refractivity contribution in [3.63, 3.8) is 0 Å². The molecule has 124 valence electrons. The van der Waals surface area contributed by atoms with E-state index in [1.165, 1.54) is 12.1 Å². The van der Waals surface area contributed by atoms with Gasteiger partial charge in [0.1, 0.15) is 5.82 Å². The van der Waals surface area contributed by atoms with Crippen molar-refractivity contribution in [2.75, 3.05) is 13.1 Å². The van der Waals surface area contributed by atoms with Crippen LogP contribution in [0.15, 0.2) is 29.3 Å². The number of primary amides is 1. The highest BCUT2D eigenvalue weighted by molar-refractivity contribution is 14.0. The number of benzene rings is 1. The summed E-state index contributed by atoms with van der Waals surface area (Å²) in [5.41, 5.74) is 5.58. The molecule has 4 N–H and O–H groups in total. The Balaban J connectivity index is 0.00000441. The number of amides is 1.